The molecule has 0 amide bonds. The fraction of sp³-hybridized carbons (Fsp3) is 0.0588. The lowest BCUT2D eigenvalue weighted by Crippen LogP contribution is -1.81. The van der Waals surface area contributed by atoms with Crippen LogP contribution in [0.2, 0.25) is 0 Å². The van der Waals surface area contributed by atoms with Gasteiger partial charge in [0.2, 0.25) is 0 Å². The number of hydrogen-bond acceptors (Lipinski definition) is 1. The molecule has 2 aromatic carbocycles. The molecule has 0 saturated carbocycles. The summed E-state index contributed by atoms with van der Waals surface area (Å²) in [5.41, 5.74) is 1.54. The lowest BCUT2D eigenvalue weighted by atomic mass is 10.2. The highest BCUT2D eigenvalue weighted by Crippen LogP contribution is 2.14. The molecule has 2 rings (SSSR count). The van der Waals surface area contributed by atoms with Gasteiger partial charge in [0.1, 0.15) is 5.75 Å². The zero-order chi connectivity index (χ0) is 13.5. The van der Waals surface area contributed by atoms with Gasteiger partial charge in [-0.1, -0.05) is 36.3 Å². The van der Waals surface area contributed by atoms with E-state index in [-0.39, 0.29) is 0 Å². The lowest BCUT2D eigenvalue weighted by molar-refractivity contribution is 0.415. The number of hydrogen-bond donors (Lipinski definition) is 0. The van der Waals surface area contributed by atoms with Gasteiger partial charge >= 0.3 is 0 Å². The molecule has 0 aliphatic carbocycles. The van der Waals surface area contributed by atoms with Gasteiger partial charge in [0, 0.05) is 5.56 Å². The second-order valence-corrected chi connectivity index (χ2v) is 3.88. The molecule has 0 bridgehead atoms. The second kappa shape index (κ2) is 6.42. The standard InChI is InChI=1S/C17H13FO/c1-19-17-11-8-15(9-12-17)13-16(18)10-7-14-5-3-2-4-6-14/h2-6,8-9,11-13H,1H3. The minimum atomic E-state index is -0.464. The Hall–Kier alpha value is -2.53. The maximum absolute atomic E-state index is 13.6. The Balaban J connectivity index is 2.13. The summed E-state index contributed by atoms with van der Waals surface area (Å²) in [6.07, 6.45) is 1.40. The molecule has 0 aliphatic heterocycles. The van der Waals surface area contributed by atoms with Crippen molar-refractivity contribution in [1.29, 1.82) is 0 Å². The Kier molecular flexibility index (Phi) is 4.36. The Morgan fingerprint density at radius 1 is 1.05 bits per heavy atom. The largest absolute Gasteiger partial charge is 0.497 e. The van der Waals surface area contributed by atoms with E-state index in [0.717, 1.165) is 16.9 Å². The Labute approximate surface area is 112 Å². The van der Waals surface area contributed by atoms with Gasteiger partial charge in [0.05, 0.1) is 7.11 Å². The third-order valence-corrected chi connectivity index (χ3v) is 2.51. The van der Waals surface area contributed by atoms with Crippen LogP contribution >= 0.6 is 0 Å². The normalized spacial score (nSPS) is 10.5. The summed E-state index contributed by atoms with van der Waals surface area (Å²) in [4.78, 5) is 0. The highest BCUT2D eigenvalue weighted by atomic mass is 19.1. The fourth-order valence-corrected chi connectivity index (χ4v) is 1.54. The van der Waals surface area contributed by atoms with Crippen molar-refractivity contribution in [2.45, 2.75) is 0 Å². The van der Waals surface area contributed by atoms with Crippen LogP contribution in [-0.4, -0.2) is 7.11 Å². The van der Waals surface area contributed by atoms with Crippen LogP contribution < -0.4 is 4.74 Å². The van der Waals surface area contributed by atoms with E-state index < -0.39 is 5.83 Å². The van der Waals surface area contributed by atoms with Gasteiger partial charge in [0.25, 0.3) is 0 Å². The van der Waals surface area contributed by atoms with Crippen molar-refractivity contribution in [2.75, 3.05) is 7.11 Å². The van der Waals surface area contributed by atoms with E-state index in [1.54, 1.807) is 31.4 Å². The van der Waals surface area contributed by atoms with Crippen molar-refractivity contribution in [3.05, 3.63) is 71.6 Å². The minimum absolute atomic E-state index is 0.464. The zero-order valence-electron chi connectivity index (χ0n) is 10.6. The highest BCUT2D eigenvalue weighted by molar-refractivity contribution is 5.57. The van der Waals surface area contributed by atoms with E-state index in [1.165, 1.54) is 6.08 Å². The van der Waals surface area contributed by atoms with E-state index in [0.29, 0.717) is 0 Å². The van der Waals surface area contributed by atoms with Crippen molar-refractivity contribution in [2.24, 2.45) is 0 Å². The quantitative estimate of drug-likeness (QED) is 0.732. The summed E-state index contributed by atoms with van der Waals surface area (Å²) in [6.45, 7) is 0. The molecule has 0 atom stereocenters. The number of benzene rings is 2. The van der Waals surface area contributed by atoms with Crippen molar-refractivity contribution >= 4 is 6.08 Å². The molecule has 1 nitrogen and oxygen atoms in total. The predicted octanol–water partition coefficient (Wildman–Crippen LogP) is 4.06. The number of rotatable bonds is 2. The maximum Gasteiger partial charge on any atom is 0.174 e. The van der Waals surface area contributed by atoms with Crippen LogP contribution in [0.4, 0.5) is 4.39 Å². The van der Waals surface area contributed by atoms with Crippen molar-refractivity contribution in [3.63, 3.8) is 0 Å². The number of ether oxygens (including phenoxy) is 1. The number of allylic oxidation sites excluding steroid dienone is 1. The Morgan fingerprint density at radius 3 is 2.37 bits per heavy atom. The van der Waals surface area contributed by atoms with Gasteiger partial charge in [-0.25, -0.2) is 0 Å². The van der Waals surface area contributed by atoms with Gasteiger partial charge in [-0.15, -0.1) is 0 Å². The summed E-state index contributed by atoms with van der Waals surface area (Å²) >= 11 is 0. The molecule has 0 aromatic heterocycles. The van der Waals surface area contributed by atoms with Gasteiger partial charge < -0.3 is 4.74 Å². The average Bonchev–Trinajstić information content (AvgIpc) is 2.47. The molecule has 0 radical (unpaired) electrons. The van der Waals surface area contributed by atoms with Crippen molar-refractivity contribution in [1.82, 2.24) is 0 Å². The topological polar surface area (TPSA) is 9.23 Å². The smallest absolute Gasteiger partial charge is 0.174 e. The summed E-state index contributed by atoms with van der Waals surface area (Å²) in [5, 5.41) is 0. The molecule has 2 aromatic rings. The SMILES string of the molecule is COc1ccc(C=C(F)C#Cc2ccccc2)cc1. The summed E-state index contributed by atoms with van der Waals surface area (Å²) < 4.78 is 18.7. The molecule has 0 fully saturated rings. The van der Waals surface area contributed by atoms with Gasteiger partial charge in [-0.3, -0.25) is 0 Å². The van der Waals surface area contributed by atoms with Crippen LogP contribution in [0.1, 0.15) is 11.1 Å². The minimum Gasteiger partial charge on any atom is -0.497 e. The Bertz CT molecular complexity index is 616. The van der Waals surface area contributed by atoms with Crippen molar-refractivity contribution in [3.8, 4) is 17.6 Å². The monoisotopic (exact) mass is 252 g/mol. The van der Waals surface area contributed by atoms with E-state index in [9.17, 15) is 4.39 Å². The Morgan fingerprint density at radius 2 is 1.74 bits per heavy atom. The predicted molar refractivity (Wildman–Crippen MR) is 75.4 cm³/mol. The first kappa shape index (κ1) is 12.9. The fourth-order valence-electron chi connectivity index (χ4n) is 1.54. The van der Waals surface area contributed by atoms with E-state index >= 15 is 0 Å². The van der Waals surface area contributed by atoms with Crippen LogP contribution in [0.5, 0.6) is 5.75 Å². The van der Waals surface area contributed by atoms with Crippen LogP contribution in [-0.2, 0) is 0 Å². The molecule has 94 valence electrons. The van der Waals surface area contributed by atoms with Crippen LogP contribution in [0.15, 0.2) is 60.4 Å². The van der Waals surface area contributed by atoms with Gasteiger partial charge in [-0.05, 0) is 41.8 Å². The lowest BCUT2D eigenvalue weighted by Gasteiger charge is -1.98. The van der Waals surface area contributed by atoms with Crippen LogP contribution in [0.25, 0.3) is 6.08 Å². The summed E-state index contributed by atoms with van der Waals surface area (Å²) in [6, 6.07) is 16.4. The summed E-state index contributed by atoms with van der Waals surface area (Å²) in [5.74, 6) is 5.54. The average molecular weight is 252 g/mol. The maximum atomic E-state index is 13.6. The van der Waals surface area contributed by atoms with E-state index in [2.05, 4.69) is 11.8 Å². The molecule has 0 spiro atoms. The first-order chi connectivity index (χ1) is 9.28. The van der Waals surface area contributed by atoms with E-state index in [1.807, 2.05) is 30.3 Å². The highest BCUT2D eigenvalue weighted by Gasteiger charge is 1.93. The van der Waals surface area contributed by atoms with Gasteiger partial charge in [0.15, 0.2) is 5.83 Å². The van der Waals surface area contributed by atoms with E-state index in [4.69, 9.17) is 4.74 Å². The molecule has 0 N–H and O–H groups in total. The molecular weight excluding hydrogens is 239 g/mol. The molecule has 19 heavy (non-hydrogen) atoms. The number of methoxy groups -OCH3 is 1. The molecule has 0 aliphatic rings. The first-order valence-corrected chi connectivity index (χ1v) is 5.86. The zero-order valence-corrected chi connectivity index (χ0v) is 10.6. The van der Waals surface area contributed by atoms with Crippen LogP contribution in [0.3, 0.4) is 0 Å². The van der Waals surface area contributed by atoms with Crippen molar-refractivity contribution < 1.29 is 9.13 Å². The second-order valence-electron chi connectivity index (χ2n) is 3.88. The molecule has 0 unspecified atom stereocenters. The summed E-state index contributed by atoms with van der Waals surface area (Å²) in [7, 11) is 1.59. The van der Waals surface area contributed by atoms with Gasteiger partial charge in [-0.2, -0.15) is 4.39 Å². The first-order valence-electron chi connectivity index (χ1n) is 5.86. The molecule has 0 heterocycles. The number of halogens is 1. The molecular formula is C17H13FO. The third-order valence-electron chi connectivity index (χ3n) is 2.51. The molecule has 0 saturated heterocycles. The third kappa shape index (κ3) is 4.01. The molecule has 2 heteroatoms. The van der Waals surface area contributed by atoms with Crippen LogP contribution in [0, 0.1) is 11.8 Å².